The summed E-state index contributed by atoms with van der Waals surface area (Å²) in [6.45, 7) is -0.923. The Bertz CT molecular complexity index is 1610. The van der Waals surface area contributed by atoms with Gasteiger partial charge in [0.1, 0.15) is 34.3 Å². The molecule has 4 aromatic rings. The number of carbonyl (C=O) groups excluding carboxylic acids is 1. The molecule has 2 aromatic carbocycles. The Morgan fingerprint density at radius 2 is 1.77 bits per heavy atom. The molecule has 0 aliphatic carbocycles. The normalized spacial score (nSPS) is 10.8. The monoisotopic (exact) mass is 551 g/mol. The molecule has 12 nitrogen and oxygen atoms in total. The van der Waals surface area contributed by atoms with Crippen LogP contribution >= 0.6 is 0 Å². The van der Waals surface area contributed by atoms with E-state index in [4.69, 9.17) is 15.9 Å². The lowest BCUT2D eigenvalue weighted by molar-refractivity contribution is 0.102. The number of rotatable bonds is 9. The standard InChI is InChI=1S/C26H23F2N7O5/c27-14-1-4-17(5-2-14)35-26(39)18(7-10-32-35)25(38)34-15-3-6-20(19(28)11-15)40-21-8-9-31-23(29)22(21)24(30)33-16(12-36)13-37/h1-11,16,36-37H,12-13H2,(H2,29,31)(H2,30,33)(H,34,38). The fraction of sp³-hybridized carbons (Fsp3) is 0.115. The first-order valence-corrected chi connectivity index (χ1v) is 11.7. The highest BCUT2D eigenvalue weighted by atomic mass is 19.1. The van der Waals surface area contributed by atoms with Gasteiger partial charge in [0.15, 0.2) is 11.6 Å². The van der Waals surface area contributed by atoms with Crippen LogP contribution in [-0.4, -0.2) is 56.0 Å². The maximum absolute atomic E-state index is 15.0. The van der Waals surface area contributed by atoms with Crippen LogP contribution in [0, 0.1) is 17.0 Å². The predicted molar refractivity (Wildman–Crippen MR) is 141 cm³/mol. The summed E-state index contributed by atoms with van der Waals surface area (Å²) in [4.78, 5) is 29.5. The third-order valence-electron chi connectivity index (χ3n) is 5.55. The van der Waals surface area contributed by atoms with E-state index in [9.17, 15) is 28.6 Å². The van der Waals surface area contributed by atoms with E-state index in [2.05, 4.69) is 20.7 Å². The smallest absolute Gasteiger partial charge is 0.284 e. The highest BCUT2D eigenvalue weighted by molar-refractivity contribution is 6.04. The molecular weight excluding hydrogens is 528 g/mol. The molecule has 0 radical (unpaired) electrons. The number of benzene rings is 2. The van der Waals surface area contributed by atoms with Crippen molar-refractivity contribution in [2.45, 2.75) is 6.04 Å². The molecule has 7 N–H and O–H groups in total. The van der Waals surface area contributed by atoms with Crippen molar-refractivity contribution in [3.05, 3.63) is 100 Å². The van der Waals surface area contributed by atoms with Gasteiger partial charge in [0.2, 0.25) is 0 Å². The Morgan fingerprint density at radius 3 is 2.45 bits per heavy atom. The summed E-state index contributed by atoms with van der Waals surface area (Å²) in [6.07, 6.45) is 2.52. The summed E-state index contributed by atoms with van der Waals surface area (Å²) in [6, 6.07) is 10.2. The third-order valence-corrected chi connectivity index (χ3v) is 5.55. The van der Waals surface area contributed by atoms with Crippen molar-refractivity contribution in [1.29, 1.82) is 5.41 Å². The zero-order valence-electron chi connectivity index (χ0n) is 20.6. The molecule has 0 atom stereocenters. The average Bonchev–Trinajstić information content (AvgIpc) is 2.93. The lowest BCUT2D eigenvalue weighted by Crippen LogP contribution is -2.40. The average molecular weight is 552 g/mol. The number of hydrogen-bond donors (Lipinski definition) is 6. The molecule has 0 saturated carbocycles. The minimum absolute atomic E-state index is 0.0111. The van der Waals surface area contributed by atoms with Crippen LogP contribution in [0.3, 0.4) is 0 Å². The third kappa shape index (κ3) is 6.09. The first-order chi connectivity index (χ1) is 19.2. The number of nitrogens with one attached hydrogen (secondary N) is 3. The number of anilines is 2. The van der Waals surface area contributed by atoms with Crippen LogP contribution in [0.4, 0.5) is 20.3 Å². The summed E-state index contributed by atoms with van der Waals surface area (Å²) >= 11 is 0. The Kier molecular flexibility index (Phi) is 8.42. The second-order valence-electron chi connectivity index (χ2n) is 8.29. The highest BCUT2D eigenvalue weighted by Crippen LogP contribution is 2.31. The molecule has 14 heteroatoms. The van der Waals surface area contributed by atoms with E-state index in [1.807, 2.05) is 0 Å². The Morgan fingerprint density at radius 1 is 1.05 bits per heavy atom. The van der Waals surface area contributed by atoms with Gasteiger partial charge in [-0.3, -0.25) is 15.0 Å². The summed E-state index contributed by atoms with van der Waals surface area (Å²) < 4.78 is 34.8. The molecule has 0 aliphatic heterocycles. The number of aliphatic hydroxyl groups excluding tert-OH is 2. The van der Waals surface area contributed by atoms with Crippen molar-refractivity contribution >= 4 is 23.2 Å². The molecule has 0 aliphatic rings. The molecule has 4 rings (SSSR count). The maximum atomic E-state index is 15.0. The quantitative estimate of drug-likeness (QED) is 0.133. The van der Waals surface area contributed by atoms with Crippen LogP contribution in [0.5, 0.6) is 11.5 Å². The lowest BCUT2D eigenvalue weighted by atomic mass is 10.2. The van der Waals surface area contributed by atoms with Gasteiger partial charge in [-0.05, 0) is 42.5 Å². The van der Waals surface area contributed by atoms with E-state index in [1.54, 1.807) is 0 Å². The number of amidine groups is 1. The molecule has 0 spiro atoms. The van der Waals surface area contributed by atoms with Crippen molar-refractivity contribution in [1.82, 2.24) is 20.1 Å². The first-order valence-electron chi connectivity index (χ1n) is 11.7. The van der Waals surface area contributed by atoms with Crippen LogP contribution in [0.2, 0.25) is 0 Å². The Balaban J connectivity index is 1.54. The first kappa shape index (κ1) is 27.8. The Hall–Kier alpha value is -5.21. The van der Waals surface area contributed by atoms with Gasteiger partial charge in [0.05, 0.1) is 24.9 Å². The second-order valence-corrected chi connectivity index (χ2v) is 8.29. The highest BCUT2D eigenvalue weighted by Gasteiger charge is 2.20. The van der Waals surface area contributed by atoms with Crippen molar-refractivity contribution in [3.63, 3.8) is 0 Å². The summed E-state index contributed by atoms with van der Waals surface area (Å²) in [7, 11) is 0. The van der Waals surface area contributed by atoms with Gasteiger partial charge < -0.3 is 31.3 Å². The summed E-state index contributed by atoms with van der Waals surface area (Å²) in [5.41, 5.74) is 5.06. The van der Waals surface area contributed by atoms with Crippen LogP contribution in [0.25, 0.3) is 5.69 Å². The maximum Gasteiger partial charge on any atom is 0.284 e. The number of aromatic nitrogens is 3. The Labute approximate surface area is 225 Å². The van der Waals surface area contributed by atoms with Gasteiger partial charge in [0, 0.05) is 30.2 Å². The van der Waals surface area contributed by atoms with E-state index in [-0.39, 0.29) is 45.7 Å². The van der Waals surface area contributed by atoms with Crippen LogP contribution in [0.15, 0.2) is 71.8 Å². The van der Waals surface area contributed by atoms with E-state index in [1.165, 1.54) is 48.8 Å². The fourth-order valence-corrected chi connectivity index (χ4v) is 3.55. The lowest BCUT2D eigenvalue weighted by Gasteiger charge is -2.19. The number of ether oxygens (including phenoxy) is 1. The summed E-state index contributed by atoms with van der Waals surface area (Å²) in [5.74, 6) is -2.97. The number of carbonyl (C=O) groups is 1. The predicted octanol–water partition coefficient (Wildman–Crippen LogP) is 1.80. The number of nitrogen functional groups attached to an aromatic ring is 1. The van der Waals surface area contributed by atoms with E-state index < -0.39 is 42.4 Å². The molecule has 0 unspecified atom stereocenters. The van der Waals surface area contributed by atoms with Crippen LogP contribution < -0.4 is 26.7 Å². The molecule has 1 amide bonds. The van der Waals surface area contributed by atoms with Gasteiger partial charge >= 0.3 is 0 Å². The number of hydrogen-bond acceptors (Lipinski definition) is 9. The van der Waals surface area contributed by atoms with E-state index in [0.29, 0.717) is 0 Å². The number of halogens is 2. The number of nitrogens with zero attached hydrogens (tertiary/aromatic N) is 3. The molecule has 2 heterocycles. The number of nitrogens with two attached hydrogens (primary N) is 1. The minimum Gasteiger partial charge on any atom is -0.453 e. The second kappa shape index (κ2) is 12.1. The molecule has 0 bridgehead atoms. The van der Waals surface area contributed by atoms with Gasteiger partial charge in [0.25, 0.3) is 11.5 Å². The minimum atomic E-state index is -0.888. The number of amides is 1. The molecule has 0 fully saturated rings. The molecule has 0 saturated heterocycles. The number of aliphatic hydroxyl groups is 2. The van der Waals surface area contributed by atoms with Crippen molar-refractivity contribution in [2.75, 3.05) is 24.3 Å². The van der Waals surface area contributed by atoms with Crippen molar-refractivity contribution in [3.8, 4) is 17.2 Å². The largest absolute Gasteiger partial charge is 0.453 e. The molecular formula is C26H23F2N7O5. The van der Waals surface area contributed by atoms with Crippen LogP contribution in [0.1, 0.15) is 15.9 Å². The SMILES string of the molecule is N=C(NC(CO)CO)c1c(Oc2ccc(NC(=O)c3ccnn(-c4ccc(F)cc4)c3=O)cc2F)ccnc1N. The van der Waals surface area contributed by atoms with Crippen LogP contribution in [-0.2, 0) is 0 Å². The van der Waals surface area contributed by atoms with E-state index >= 15 is 0 Å². The van der Waals surface area contributed by atoms with E-state index in [0.717, 1.165) is 22.9 Å². The van der Waals surface area contributed by atoms with Gasteiger partial charge in [-0.25, -0.2) is 13.8 Å². The molecule has 206 valence electrons. The van der Waals surface area contributed by atoms with Crippen molar-refractivity contribution in [2.24, 2.45) is 0 Å². The zero-order chi connectivity index (χ0) is 28.8. The van der Waals surface area contributed by atoms with Gasteiger partial charge in [-0.2, -0.15) is 9.78 Å². The zero-order valence-corrected chi connectivity index (χ0v) is 20.6. The topological polar surface area (TPSA) is 188 Å². The fourth-order valence-electron chi connectivity index (χ4n) is 3.55. The molecule has 40 heavy (non-hydrogen) atoms. The van der Waals surface area contributed by atoms with Crippen molar-refractivity contribution < 1.29 is 28.5 Å². The number of pyridine rings is 1. The molecule has 2 aromatic heterocycles. The van der Waals surface area contributed by atoms with Gasteiger partial charge in [-0.1, -0.05) is 0 Å². The van der Waals surface area contributed by atoms with Gasteiger partial charge in [-0.15, -0.1) is 0 Å². The summed E-state index contributed by atoms with van der Waals surface area (Å²) in [5, 5.41) is 35.7.